The molecule has 2 aliphatic rings. The Kier molecular flexibility index (Phi) is 3.96. The Morgan fingerprint density at radius 1 is 1.32 bits per heavy atom. The van der Waals surface area contributed by atoms with Gasteiger partial charge in [-0.2, -0.15) is 4.31 Å². The predicted octanol–water partition coefficient (Wildman–Crippen LogP) is 1.04. The Morgan fingerprint density at radius 2 is 2.05 bits per heavy atom. The molecule has 122 valence electrons. The number of hydrogen-bond donors (Lipinski definition) is 2. The first-order valence-electron chi connectivity index (χ1n) is 6.96. The summed E-state index contributed by atoms with van der Waals surface area (Å²) in [5, 5.41) is 9.91. The molecule has 1 unspecified atom stereocenters. The molecule has 0 amide bonds. The van der Waals surface area contributed by atoms with Gasteiger partial charge >= 0.3 is 0 Å². The lowest BCUT2D eigenvalue weighted by atomic mass is 10.2. The van der Waals surface area contributed by atoms with E-state index in [1.807, 2.05) is 4.90 Å². The number of anilines is 1. The number of piperazine rings is 1. The molecule has 0 spiro atoms. The van der Waals surface area contributed by atoms with E-state index in [2.05, 4.69) is 0 Å². The lowest BCUT2D eigenvalue weighted by Gasteiger charge is -2.36. The zero-order valence-corrected chi connectivity index (χ0v) is 13.3. The zero-order chi connectivity index (χ0) is 16.1. The highest BCUT2D eigenvalue weighted by molar-refractivity contribution is 7.89. The molecule has 2 saturated heterocycles. The van der Waals surface area contributed by atoms with Crippen molar-refractivity contribution in [1.82, 2.24) is 9.21 Å². The SMILES string of the molecule is Nc1ccc(Cl)c(S(=O)(=O)N2CCN3C[C@@H](F)CC3C2)c1O. The zero-order valence-electron chi connectivity index (χ0n) is 11.7. The second-order valence-corrected chi connectivity index (χ2v) is 7.94. The molecule has 1 aromatic carbocycles. The van der Waals surface area contributed by atoms with Crippen molar-refractivity contribution in [2.75, 3.05) is 31.9 Å². The van der Waals surface area contributed by atoms with Gasteiger partial charge in [-0.3, -0.25) is 4.90 Å². The fourth-order valence-electron chi connectivity index (χ4n) is 3.11. The lowest BCUT2D eigenvalue weighted by molar-refractivity contribution is 0.156. The van der Waals surface area contributed by atoms with Crippen LogP contribution in [0.3, 0.4) is 0 Å². The third kappa shape index (κ3) is 2.54. The summed E-state index contributed by atoms with van der Waals surface area (Å²) in [6.07, 6.45) is -0.597. The molecule has 0 radical (unpaired) electrons. The fraction of sp³-hybridized carbons (Fsp3) is 0.538. The monoisotopic (exact) mass is 349 g/mol. The van der Waals surface area contributed by atoms with Crippen molar-refractivity contribution in [2.45, 2.75) is 23.5 Å². The highest BCUT2D eigenvalue weighted by Crippen LogP contribution is 2.38. The number of fused-ring (bicyclic) bond motifs is 1. The first-order chi connectivity index (χ1) is 10.3. The maximum absolute atomic E-state index is 13.5. The molecule has 2 heterocycles. The summed E-state index contributed by atoms with van der Waals surface area (Å²) in [6, 6.07) is 2.55. The van der Waals surface area contributed by atoms with Crippen LogP contribution in [0.4, 0.5) is 10.1 Å². The number of sulfonamides is 1. The van der Waals surface area contributed by atoms with Crippen LogP contribution >= 0.6 is 11.6 Å². The average molecular weight is 350 g/mol. The second-order valence-electron chi connectivity index (χ2n) is 5.66. The number of nitrogens with two attached hydrogens (primary N) is 1. The Labute approximate surface area is 133 Å². The third-order valence-electron chi connectivity index (χ3n) is 4.24. The van der Waals surface area contributed by atoms with Crippen LogP contribution in [0.1, 0.15) is 6.42 Å². The topological polar surface area (TPSA) is 86.9 Å². The maximum Gasteiger partial charge on any atom is 0.248 e. The third-order valence-corrected chi connectivity index (χ3v) is 6.61. The van der Waals surface area contributed by atoms with E-state index in [9.17, 15) is 17.9 Å². The van der Waals surface area contributed by atoms with Gasteiger partial charge in [0.05, 0.1) is 10.7 Å². The summed E-state index contributed by atoms with van der Waals surface area (Å²) in [5.41, 5.74) is 5.52. The Hall–Kier alpha value is -1.09. The van der Waals surface area contributed by atoms with E-state index in [4.69, 9.17) is 17.3 Å². The van der Waals surface area contributed by atoms with Crippen LogP contribution in [0.2, 0.25) is 5.02 Å². The van der Waals surface area contributed by atoms with Crippen molar-refractivity contribution in [3.63, 3.8) is 0 Å². The van der Waals surface area contributed by atoms with Gasteiger partial charge in [0.2, 0.25) is 10.0 Å². The van der Waals surface area contributed by atoms with Crippen molar-refractivity contribution < 1.29 is 17.9 Å². The number of rotatable bonds is 2. The van der Waals surface area contributed by atoms with E-state index < -0.39 is 21.9 Å². The largest absolute Gasteiger partial charge is 0.504 e. The van der Waals surface area contributed by atoms with Gasteiger partial charge in [-0.25, -0.2) is 12.8 Å². The van der Waals surface area contributed by atoms with Gasteiger partial charge in [0, 0.05) is 32.2 Å². The molecule has 0 aromatic heterocycles. The number of nitrogens with zero attached hydrogens (tertiary/aromatic N) is 2. The standard InChI is InChI=1S/C13H17ClFN3O3S/c14-10-1-2-11(16)12(19)13(10)22(20,21)18-4-3-17-6-8(15)5-9(17)7-18/h1-2,8-9,19H,3-7,16H2/t8-,9?/m0/s1. The van der Waals surface area contributed by atoms with Crippen LogP contribution < -0.4 is 5.73 Å². The van der Waals surface area contributed by atoms with Crippen LogP contribution in [0.5, 0.6) is 5.75 Å². The molecule has 0 bridgehead atoms. The first kappa shape index (κ1) is 15.8. The minimum atomic E-state index is -3.98. The summed E-state index contributed by atoms with van der Waals surface area (Å²) in [6.45, 7) is 1.23. The molecule has 0 saturated carbocycles. The maximum atomic E-state index is 13.5. The molecule has 0 aliphatic carbocycles. The lowest BCUT2D eigenvalue weighted by Crippen LogP contribution is -2.51. The van der Waals surface area contributed by atoms with Gasteiger partial charge in [-0.15, -0.1) is 0 Å². The minimum absolute atomic E-state index is 0.0497. The van der Waals surface area contributed by atoms with E-state index >= 15 is 0 Å². The highest BCUT2D eigenvalue weighted by Gasteiger charge is 2.41. The van der Waals surface area contributed by atoms with Crippen molar-refractivity contribution in [3.8, 4) is 5.75 Å². The molecule has 3 rings (SSSR count). The molecule has 2 aliphatic heterocycles. The van der Waals surface area contributed by atoms with Gasteiger partial charge in [-0.1, -0.05) is 11.6 Å². The predicted molar refractivity (Wildman–Crippen MR) is 81.2 cm³/mol. The quantitative estimate of drug-likeness (QED) is 0.615. The van der Waals surface area contributed by atoms with Crippen LogP contribution in [0.25, 0.3) is 0 Å². The normalized spacial score (nSPS) is 27.0. The Bertz CT molecular complexity index is 700. The van der Waals surface area contributed by atoms with Gasteiger partial charge in [0.25, 0.3) is 0 Å². The number of phenols is 1. The number of phenolic OH excluding ortho intramolecular Hbond substituents is 1. The van der Waals surface area contributed by atoms with Crippen molar-refractivity contribution in [1.29, 1.82) is 0 Å². The summed E-state index contributed by atoms with van der Waals surface area (Å²) in [5.74, 6) is -0.537. The van der Waals surface area contributed by atoms with Crippen LogP contribution in [0.15, 0.2) is 17.0 Å². The minimum Gasteiger partial charge on any atom is -0.504 e. The second kappa shape index (κ2) is 5.52. The number of aromatic hydroxyl groups is 1. The van der Waals surface area contributed by atoms with E-state index in [0.29, 0.717) is 19.5 Å². The van der Waals surface area contributed by atoms with Crippen LogP contribution in [0, 0.1) is 0 Å². The van der Waals surface area contributed by atoms with E-state index in [0.717, 1.165) is 0 Å². The average Bonchev–Trinajstić information content (AvgIpc) is 2.82. The van der Waals surface area contributed by atoms with E-state index in [1.54, 1.807) is 0 Å². The van der Waals surface area contributed by atoms with Crippen molar-refractivity contribution >= 4 is 27.3 Å². The smallest absolute Gasteiger partial charge is 0.248 e. The number of halogens is 2. The van der Waals surface area contributed by atoms with Crippen LogP contribution in [-0.2, 0) is 10.0 Å². The Morgan fingerprint density at radius 3 is 2.77 bits per heavy atom. The van der Waals surface area contributed by atoms with Crippen molar-refractivity contribution in [3.05, 3.63) is 17.2 Å². The molecule has 1 aromatic rings. The highest BCUT2D eigenvalue weighted by atomic mass is 35.5. The summed E-state index contributed by atoms with van der Waals surface area (Å²) in [7, 11) is -3.98. The van der Waals surface area contributed by atoms with E-state index in [1.165, 1.54) is 16.4 Å². The molecule has 2 fully saturated rings. The number of hydrogen-bond acceptors (Lipinski definition) is 5. The van der Waals surface area contributed by atoms with Gasteiger partial charge in [0.15, 0.2) is 5.75 Å². The number of alkyl halides is 1. The van der Waals surface area contributed by atoms with Gasteiger partial charge in [-0.05, 0) is 18.6 Å². The molecule has 22 heavy (non-hydrogen) atoms. The number of benzene rings is 1. The molecule has 6 nitrogen and oxygen atoms in total. The van der Waals surface area contributed by atoms with Crippen LogP contribution in [-0.4, -0.2) is 61.1 Å². The molecule has 3 N–H and O–H groups in total. The first-order valence-corrected chi connectivity index (χ1v) is 8.77. The van der Waals surface area contributed by atoms with Crippen molar-refractivity contribution in [2.24, 2.45) is 0 Å². The summed E-state index contributed by atoms with van der Waals surface area (Å²) >= 11 is 5.95. The summed E-state index contributed by atoms with van der Waals surface area (Å²) in [4.78, 5) is 1.58. The van der Waals surface area contributed by atoms with Gasteiger partial charge < -0.3 is 10.8 Å². The fourth-order valence-corrected chi connectivity index (χ4v) is 5.18. The molecular weight excluding hydrogens is 333 g/mol. The van der Waals surface area contributed by atoms with Gasteiger partial charge in [0.1, 0.15) is 11.1 Å². The van der Waals surface area contributed by atoms with E-state index in [-0.39, 0.29) is 34.7 Å². The molecular formula is C13H17ClFN3O3S. The molecule has 2 atom stereocenters. The summed E-state index contributed by atoms with van der Waals surface area (Å²) < 4.78 is 40.2. The Balaban J connectivity index is 1.93. The molecule has 9 heteroatoms. The number of nitrogen functional groups attached to an aromatic ring is 1.